The van der Waals surface area contributed by atoms with Crippen molar-refractivity contribution >= 4 is 20.6 Å². The van der Waals surface area contributed by atoms with Crippen LogP contribution < -0.4 is 10.8 Å². The van der Waals surface area contributed by atoms with Crippen LogP contribution in [0.1, 0.15) is 0 Å². The van der Waals surface area contributed by atoms with Crippen LogP contribution in [0.5, 0.6) is 0 Å². The van der Waals surface area contributed by atoms with E-state index in [9.17, 15) is 14.0 Å². The van der Waals surface area contributed by atoms with Crippen molar-refractivity contribution in [2.75, 3.05) is 0 Å². The highest BCUT2D eigenvalue weighted by molar-refractivity contribution is 7.70. The highest BCUT2D eigenvalue weighted by Gasteiger charge is 2.30. The molecule has 0 aromatic heterocycles. The van der Waals surface area contributed by atoms with Gasteiger partial charge in [0.25, 0.3) is 0 Å². The largest absolute Gasteiger partial charge is 0.407 e. The Morgan fingerprint density at radius 3 is 2.07 bits per heavy atom. The first-order valence-electron chi connectivity index (χ1n) is 3.52. The Hall–Kier alpha value is -0.480. The molecule has 1 rings (SSSR count). The van der Waals surface area contributed by atoms with Crippen molar-refractivity contribution in [1.29, 1.82) is 0 Å². The zero-order valence-corrected chi connectivity index (χ0v) is 8.77. The van der Waals surface area contributed by atoms with Gasteiger partial charge in [-0.3, -0.25) is 4.57 Å². The van der Waals surface area contributed by atoms with E-state index >= 15 is 0 Å². The predicted molar refractivity (Wildman–Crippen MR) is 51.0 cm³/mol. The Kier molecular flexibility index (Phi) is 3.27. The molecule has 0 heterocycles. The molecule has 6 nitrogen and oxygen atoms in total. The SMILES string of the molecule is NP(=O)(O)OP(=O)(O)c1ccccc1. The third kappa shape index (κ3) is 3.35. The van der Waals surface area contributed by atoms with Gasteiger partial charge in [-0.15, -0.1) is 0 Å². The molecule has 0 saturated carbocycles. The number of hydrogen-bond acceptors (Lipinski definition) is 3. The van der Waals surface area contributed by atoms with Crippen molar-refractivity contribution in [1.82, 2.24) is 0 Å². The van der Waals surface area contributed by atoms with Gasteiger partial charge in [0, 0.05) is 0 Å². The van der Waals surface area contributed by atoms with E-state index in [0.717, 1.165) is 0 Å². The Bertz CT molecular complexity index is 400. The van der Waals surface area contributed by atoms with Crippen LogP contribution >= 0.6 is 15.3 Å². The maximum atomic E-state index is 11.4. The number of hydrogen-bond donors (Lipinski definition) is 3. The van der Waals surface area contributed by atoms with Crippen LogP contribution in [0.25, 0.3) is 0 Å². The molecule has 8 heteroatoms. The van der Waals surface area contributed by atoms with Gasteiger partial charge in [-0.05, 0) is 12.1 Å². The molecule has 0 aliphatic carbocycles. The summed E-state index contributed by atoms with van der Waals surface area (Å²) in [6.07, 6.45) is 0. The predicted octanol–water partition coefficient (Wildman–Crippen LogP) is 0.573. The molecule has 0 radical (unpaired) electrons. The number of nitrogens with two attached hydrogens (primary N) is 1. The Balaban J connectivity index is 2.98. The first kappa shape index (κ1) is 11.6. The highest BCUT2D eigenvalue weighted by atomic mass is 31.3. The lowest BCUT2D eigenvalue weighted by Crippen LogP contribution is -2.07. The van der Waals surface area contributed by atoms with Gasteiger partial charge in [0.1, 0.15) is 0 Å². The van der Waals surface area contributed by atoms with E-state index in [2.05, 4.69) is 9.81 Å². The van der Waals surface area contributed by atoms with Crippen molar-refractivity contribution in [3.8, 4) is 0 Å². The Morgan fingerprint density at radius 1 is 1.14 bits per heavy atom. The van der Waals surface area contributed by atoms with Crippen molar-refractivity contribution in [3.63, 3.8) is 0 Å². The van der Waals surface area contributed by atoms with Gasteiger partial charge in [0.15, 0.2) is 0 Å². The topological polar surface area (TPSA) is 110 Å². The van der Waals surface area contributed by atoms with Gasteiger partial charge in [0.05, 0.1) is 5.30 Å². The van der Waals surface area contributed by atoms with Gasteiger partial charge >= 0.3 is 15.3 Å². The lowest BCUT2D eigenvalue weighted by molar-refractivity contribution is 0.341. The second-order valence-electron chi connectivity index (χ2n) is 2.50. The lowest BCUT2D eigenvalue weighted by Gasteiger charge is -2.12. The van der Waals surface area contributed by atoms with Crippen LogP contribution in [0.2, 0.25) is 0 Å². The molecule has 1 aromatic rings. The van der Waals surface area contributed by atoms with Crippen LogP contribution in [0.3, 0.4) is 0 Å². The third-order valence-electron chi connectivity index (χ3n) is 1.31. The second-order valence-corrected chi connectivity index (χ2v) is 5.84. The maximum absolute atomic E-state index is 11.4. The first-order valence-corrected chi connectivity index (χ1v) is 6.75. The van der Waals surface area contributed by atoms with Crippen LogP contribution in [0.15, 0.2) is 30.3 Å². The van der Waals surface area contributed by atoms with E-state index in [1.54, 1.807) is 6.07 Å². The summed E-state index contributed by atoms with van der Waals surface area (Å²) in [6, 6.07) is 7.23. The van der Waals surface area contributed by atoms with E-state index in [1.807, 2.05) is 0 Å². The van der Waals surface area contributed by atoms with E-state index in [4.69, 9.17) is 4.89 Å². The monoisotopic (exact) mass is 237 g/mol. The van der Waals surface area contributed by atoms with E-state index in [1.165, 1.54) is 24.3 Å². The molecule has 14 heavy (non-hydrogen) atoms. The summed E-state index contributed by atoms with van der Waals surface area (Å²) in [7, 11) is -8.77. The summed E-state index contributed by atoms with van der Waals surface area (Å²) in [5.41, 5.74) is 4.62. The Morgan fingerprint density at radius 2 is 1.64 bits per heavy atom. The maximum Gasteiger partial charge on any atom is 0.407 e. The molecule has 0 fully saturated rings. The molecule has 4 N–H and O–H groups in total. The third-order valence-corrected chi connectivity index (χ3v) is 4.08. The summed E-state index contributed by atoms with van der Waals surface area (Å²) < 4.78 is 25.9. The summed E-state index contributed by atoms with van der Waals surface area (Å²) in [5, 5.41) is -0.0836. The highest BCUT2D eigenvalue weighted by Crippen LogP contribution is 2.53. The lowest BCUT2D eigenvalue weighted by atomic mass is 10.4. The molecule has 78 valence electrons. The molecular weight excluding hydrogens is 228 g/mol. The minimum absolute atomic E-state index is 0.0836. The van der Waals surface area contributed by atoms with Crippen LogP contribution in [0.4, 0.5) is 0 Å². The number of rotatable bonds is 3. The minimum Gasteiger partial charge on any atom is -0.321 e. The fourth-order valence-electron chi connectivity index (χ4n) is 0.822. The van der Waals surface area contributed by atoms with Gasteiger partial charge in [-0.1, -0.05) is 18.2 Å². The molecule has 1 aromatic carbocycles. The van der Waals surface area contributed by atoms with Gasteiger partial charge < -0.3 is 9.79 Å². The van der Waals surface area contributed by atoms with Gasteiger partial charge in [-0.2, -0.15) is 0 Å². The summed E-state index contributed by atoms with van der Waals surface area (Å²) >= 11 is 0. The van der Waals surface area contributed by atoms with Crippen LogP contribution in [0, 0.1) is 0 Å². The average molecular weight is 237 g/mol. The van der Waals surface area contributed by atoms with E-state index in [-0.39, 0.29) is 5.30 Å². The quantitative estimate of drug-likeness (QED) is 0.663. The van der Waals surface area contributed by atoms with Crippen molar-refractivity contribution in [3.05, 3.63) is 30.3 Å². The normalized spacial score (nSPS) is 19.6. The van der Waals surface area contributed by atoms with Crippen molar-refractivity contribution < 1.29 is 23.2 Å². The summed E-state index contributed by atoms with van der Waals surface area (Å²) in [6.45, 7) is 0. The molecular formula is C6H9NO5P2. The summed E-state index contributed by atoms with van der Waals surface area (Å²) in [4.78, 5) is 17.8. The fraction of sp³-hybridized carbons (Fsp3) is 0. The summed E-state index contributed by atoms with van der Waals surface area (Å²) in [5.74, 6) is 0. The standard InChI is InChI=1S/C6H9NO5P2/c7-14(10,11)12-13(8,9)6-4-2-1-3-5-6/h1-5H,(H,8,9)(H3,7,10,11). The zero-order chi connectivity index (χ0) is 10.8. The number of benzene rings is 1. The second kappa shape index (κ2) is 3.95. The van der Waals surface area contributed by atoms with E-state index in [0.29, 0.717) is 0 Å². The molecule has 0 bridgehead atoms. The van der Waals surface area contributed by atoms with E-state index < -0.39 is 15.3 Å². The van der Waals surface area contributed by atoms with Crippen LogP contribution in [-0.4, -0.2) is 9.79 Å². The van der Waals surface area contributed by atoms with Gasteiger partial charge in [0.2, 0.25) is 0 Å². The molecule has 0 aliphatic heterocycles. The van der Waals surface area contributed by atoms with Crippen molar-refractivity contribution in [2.45, 2.75) is 0 Å². The molecule has 0 spiro atoms. The van der Waals surface area contributed by atoms with Gasteiger partial charge in [-0.25, -0.2) is 14.4 Å². The molecule has 0 amide bonds. The van der Waals surface area contributed by atoms with Crippen molar-refractivity contribution in [2.24, 2.45) is 5.50 Å². The molecule has 0 saturated heterocycles. The first-order chi connectivity index (χ1) is 6.31. The zero-order valence-electron chi connectivity index (χ0n) is 6.98. The molecule has 0 aliphatic rings. The molecule has 2 atom stereocenters. The van der Waals surface area contributed by atoms with Crippen LogP contribution in [-0.2, 0) is 13.4 Å². The fourth-order valence-corrected chi connectivity index (χ4v) is 3.02. The average Bonchev–Trinajstić information content (AvgIpc) is 2.01. The molecule has 2 unspecified atom stereocenters. The minimum atomic E-state index is -4.47. The Labute approximate surface area is 80.5 Å². The smallest absolute Gasteiger partial charge is 0.321 e.